The number of carbonyl (C=O) groups is 1. The summed E-state index contributed by atoms with van der Waals surface area (Å²) in [4.78, 5) is 11.0. The highest BCUT2D eigenvalue weighted by atomic mass is 32.2. The summed E-state index contributed by atoms with van der Waals surface area (Å²) in [5.74, 6) is 0. The molecule has 0 saturated heterocycles. The fourth-order valence-corrected chi connectivity index (χ4v) is 6.27. The zero-order chi connectivity index (χ0) is 14.8. The third-order valence-electron chi connectivity index (χ3n) is 2.81. The minimum atomic E-state index is -4.06. The van der Waals surface area contributed by atoms with E-state index in [2.05, 4.69) is 0 Å². The van der Waals surface area contributed by atoms with Crippen LogP contribution in [0.15, 0.2) is 60.7 Å². The first-order valence-corrected chi connectivity index (χ1v) is 9.42. The lowest BCUT2D eigenvalue weighted by Crippen LogP contribution is -2.26. The van der Waals surface area contributed by atoms with Crippen molar-refractivity contribution in [2.24, 2.45) is 0 Å². The molecule has 0 atom stereocenters. The largest absolute Gasteiger partial charge is 0.312 e. The van der Waals surface area contributed by atoms with E-state index in [1.807, 2.05) is 0 Å². The topological polar surface area (TPSA) is 68.3 Å². The molecule has 0 saturated carbocycles. The van der Waals surface area contributed by atoms with Crippen molar-refractivity contribution in [3.63, 3.8) is 0 Å². The van der Waals surface area contributed by atoms with Gasteiger partial charge in [0.1, 0.15) is 0 Å². The Morgan fingerprint density at radius 2 is 1.20 bits per heavy atom. The van der Waals surface area contributed by atoms with Gasteiger partial charge in [0.15, 0.2) is 0 Å². The van der Waals surface area contributed by atoms with E-state index < -0.39 is 21.8 Å². The molecule has 6 heteroatoms. The first-order chi connectivity index (χ1) is 9.37. The lowest BCUT2D eigenvalue weighted by atomic mass is 10.4. The van der Waals surface area contributed by atoms with Crippen molar-refractivity contribution >= 4 is 32.4 Å². The van der Waals surface area contributed by atoms with Gasteiger partial charge in [-0.1, -0.05) is 60.7 Å². The zero-order valence-electron chi connectivity index (χ0n) is 10.8. The van der Waals surface area contributed by atoms with Crippen LogP contribution in [0.3, 0.4) is 0 Å². The Morgan fingerprint density at radius 1 is 0.850 bits per heavy atom. The minimum Gasteiger partial charge on any atom is -0.304 e. The van der Waals surface area contributed by atoms with Crippen molar-refractivity contribution in [1.82, 2.24) is 0 Å². The summed E-state index contributed by atoms with van der Waals surface area (Å²) in [6, 6.07) is 16.0. The van der Waals surface area contributed by atoms with Crippen LogP contribution in [0.5, 0.6) is 0 Å². The van der Waals surface area contributed by atoms with Crippen LogP contribution in [0.2, 0.25) is 0 Å². The molecule has 0 aliphatic heterocycles. The molecule has 0 aromatic heterocycles. The molecule has 104 valence electrons. The van der Waals surface area contributed by atoms with Crippen LogP contribution in [-0.2, 0) is 14.4 Å². The molecule has 0 aliphatic rings. The number of hydrogen-bond donors (Lipinski definition) is 0. The third-order valence-corrected chi connectivity index (χ3v) is 7.78. The van der Waals surface area contributed by atoms with E-state index in [-0.39, 0.29) is 10.6 Å². The van der Waals surface area contributed by atoms with E-state index in [1.54, 1.807) is 36.4 Å². The van der Waals surface area contributed by atoms with Gasteiger partial charge < -0.3 is 4.57 Å². The third kappa shape index (κ3) is 2.60. The van der Waals surface area contributed by atoms with Gasteiger partial charge in [0, 0.05) is 16.9 Å². The van der Waals surface area contributed by atoms with Crippen molar-refractivity contribution in [2.45, 2.75) is 0 Å². The fourth-order valence-electron chi connectivity index (χ4n) is 1.87. The number of rotatable bonds is 3. The van der Waals surface area contributed by atoms with Crippen LogP contribution in [0, 0.1) is 0 Å². The van der Waals surface area contributed by atoms with E-state index in [0.29, 0.717) is 0 Å². The minimum absolute atomic E-state index is 0.224. The SMILES string of the molecule is CS(=O)(=O)C(=O)P(=O)(c1ccccc1)c1ccccc1. The molecular formula is C14H13O4PS. The van der Waals surface area contributed by atoms with E-state index in [1.165, 1.54) is 24.3 Å². The number of sulfone groups is 1. The molecule has 2 aromatic carbocycles. The Kier molecular flexibility index (Phi) is 3.93. The number of hydrogen-bond acceptors (Lipinski definition) is 4. The highest BCUT2D eigenvalue weighted by molar-refractivity contribution is 8.24. The van der Waals surface area contributed by atoms with E-state index in [9.17, 15) is 17.8 Å². The Morgan fingerprint density at radius 3 is 1.50 bits per heavy atom. The van der Waals surface area contributed by atoms with Crippen molar-refractivity contribution in [3.05, 3.63) is 60.7 Å². The van der Waals surface area contributed by atoms with Gasteiger partial charge >= 0.3 is 4.86 Å². The van der Waals surface area contributed by atoms with Gasteiger partial charge in [-0.25, -0.2) is 8.42 Å². The first kappa shape index (κ1) is 14.7. The molecule has 0 heterocycles. The molecule has 0 spiro atoms. The summed E-state index contributed by atoms with van der Waals surface area (Å²) in [5, 5.41) is 0.447. The van der Waals surface area contributed by atoms with Gasteiger partial charge in [0.05, 0.1) is 0 Å². The fraction of sp³-hybridized carbons (Fsp3) is 0.0714. The average Bonchev–Trinajstić information content (AvgIpc) is 2.46. The second-order valence-corrected chi connectivity index (χ2v) is 9.19. The van der Waals surface area contributed by atoms with E-state index in [4.69, 9.17) is 0 Å². The normalized spacial score (nSPS) is 12.1. The summed E-state index contributed by atoms with van der Waals surface area (Å²) in [6.45, 7) is 0. The second kappa shape index (κ2) is 5.35. The van der Waals surface area contributed by atoms with E-state index >= 15 is 0 Å². The second-order valence-electron chi connectivity index (χ2n) is 4.32. The maximum absolute atomic E-state index is 13.2. The molecule has 2 rings (SSSR count). The summed E-state index contributed by atoms with van der Waals surface area (Å²) < 4.78 is 36.4. The van der Waals surface area contributed by atoms with Crippen LogP contribution in [0.25, 0.3) is 0 Å². The Bertz CT molecular complexity index is 724. The molecule has 0 bridgehead atoms. The monoisotopic (exact) mass is 308 g/mol. The summed E-state index contributed by atoms with van der Waals surface area (Å²) in [5.41, 5.74) is 0. The number of benzene rings is 2. The van der Waals surface area contributed by atoms with Crippen LogP contribution in [0.4, 0.5) is 4.79 Å². The Balaban J connectivity index is 2.75. The molecule has 0 radical (unpaired) electrons. The number of carbonyl (C=O) groups excluding carboxylic acids is 1. The van der Waals surface area contributed by atoms with Gasteiger partial charge in [-0.05, 0) is 0 Å². The summed E-state index contributed by atoms with van der Waals surface area (Å²) in [7, 11) is -7.92. The maximum Gasteiger partial charge on any atom is 0.312 e. The van der Waals surface area contributed by atoms with Crippen molar-refractivity contribution in [3.8, 4) is 0 Å². The first-order valence-electron chi connectivity index (χ1n) is 5.82. The Hall–Kier alpha value is -1.71. The smallest absolute Gasteiger partial charge is 0.304 e. The van der Waals surface area contributed by atoms with Gasteiger partial charge in [-0.2, -0.15) is 0 Å². The van der Waals surface area contributed by atoms with Crippen molar-refractivity contribution < 1.29 is 17.8 Å². The predicted octanol–water partition coefficient (Wildman–Crippen LogP) is 2.17. The average molecular weight is 308 g/mol. The van der Waals surface area contributed by atoms with Crippen molar-refractivity contribution in [1.29, 1.82) is 0 Å². The molecule has 0 amide bonds. The molecule has 20 heavy (non-hydrogen) atoms. The van der Waals surface area contributed by atoms with Gasteiger partial charge in [0.2, 0.25) is 17.0 Å². The Labute approximate surface area is 117 Å². The highest BCUT2D eigenvalue weighted by Crippen LogP contribution is 2.46. The standard InChI is InChI=1S/C14H13O4PS/c1-20(17,18)14(15)19(16,12-8-4-2-5-9-12)13-10-6-3-7-11-13/h2-11H,1H3. The summed E-state index contributed by atoms with van der Waals surface area (Å²) >= 11 is 0. The molecule has 0 fully saturated rings. The molecule has 2 aromatic rings. The lowest BCUT2D eigenvalue weighted by molar-refractivity contribution is 0.273. The van der Waals surface area contributed by atoms with Gasteiger partial charge in [0.25, 0.3) is 0 Å². The quantitative estimate of drug-likeness (QED) is 0.815. The van der Waals surface area contributed by atoms with Crippen molar-refractivity contribution in [2.75, 3.05) is 6.26 Å². The lowest BCUT2D eigenvalue weighted by Gasteiger charge is -2.16. The molecule has 0 aliphatic carbocycles. The van der Waals surface area contributed by atoms with E-state index in [0.717, 1.165) is 6.26 Å². The maximum atomic E-state index is 13.2. The van der Waals surface area contributed by atoms with Crippen LogP contribution < -0.4 is 10.6 Å². The summed E-state index contributed by atoms with van der Waals surface area (Å²) in [6.07, 6.45) is 0.786. The zero-order valence-corrected chi connectivity index (χ0v) is 12.5. The molecular weight excluding hydrogens is 295 g/mol. The van der Waals surface area contributed by atoms with Crippen LogP contribution in [0.1, 0.15) is 0 Å². The molecule has 4 nitrogen and oxygen atoms in total. The van der Waals surface area contributed by atoms with Gasteiger partial charge in [-0.15, -0.1) is 0 Å². The molecule has 0 N–H and O–H groups in total. The van der Waals surface area contributed by atoms with Gasteiger partial charge in [-0.3, -0.25) is 4.79 Å². The van der Waals surface area contributed by atoms with Crippen LogP contribution in [-0.4, -0.2) is 19.5 Å². The predicted molar refractivity (Wildman–Crippen MR) is 80.0 cm³/mol. The molecule has 0 unspecified atom stereocenters. The van der Waals surface area contributed by atoms with Crippen LogP contribution >= 0.6 is 7.14 Å². The highest BCUT2D eigenvalue weighted by Gasteiger charge is 2.41.